The number of amides is 1. The third kappa shape index (κ3) is 2.76. The highest BCUT2D eigenvalue weighted by molar-refractivity contribution is 7.13. The molecule has 1 amide bonds. The fourth-order valence-corrected chi connectivity index (χ4v) is 2.39. The summed E-state index contributed by atoms with van der Waals surface area (Å²) in [5.74, 6) is 0.194. The molecule has 1 fully saturated rings. The largest absolute Gasteiger partial charge is 0.316 e. The van der Waals surface area contributed by atoms with E-state index in [-0.39, 0.29) is 11.8 Å². The second-order valence-electron chi connectivity index (χ2n) is 3.83. The summed E-state index contributed by atoms with van der Waals surface area (Å²) in [5.41, 5.74) is 0.956. The average Bonchev–Trinajstić information content (AvgIpc) is 2.65. The highest BCUT2D eigenvalue weighted by Gasteiger charge is 2.21. The number of anilines is 1. The first-order valence-electron chi connectivity index (χ1n) is 5.19. The van der Waals surface area contributed by atoms with E-state index in [2.05, 4.69) is 15.6 Å². The van der Waals surface area contributed by atoms with Crippen LogP contribution in [0.1, 0.15) is 18.5 Å². The molecule has 1 atom stereocenters. The van der Waals surface area contributed by atoms with Gasteiger partial charge in [0, 0.05) is 11.9 Å². The number of carbonyl (C=O) groups excluding carboxylic acids is 1. The number of aromatic nitrogens is 1. The van der Waals surface area contributed by atoms with Gasteiger partial charge in [-0.25, -0.2) is 4.98 Å². The van der Waals surface area contributed by atoms with Crippen molar-refractivity contribution in [1.82, 2.24) is 10.3 Å². The van der Waals surface area contributed by atoms with Crippen molar-refractivity contribution in [2.45, 2.75) is 19.8 Å². The lowest BCUT2D eigenvalue weighted by atomic mass is 9.99. The van der Waals surface area contributed by atoms with Crippen molar-refractivity contribution in [3.05, 3.63) is 11.1 Å². The minimum Gasteiger partial charge on any atom is -0.316 e. The predicted octanol–water partition coefficient (Wildman–Crippen LogP) is 1.39. The summed E-state index contributed by atoms with van der Waals surface area (Å²) in [6.07, 6.45) is 2.05. The number of carbonyl (C=O) groups is 1. The van der Waals surface area contributed by atoms with Crippen LogP contribution in [0.3, 0.4) is 0 Å². The zero-order valence-electron chi connectivity index (χ0n) is 8.75. The molecule has 0 saturated carbocycles. The van der Waals surface area contributed by atoms with Crippen LogP contribution in [0.25, 0.3) is 0 Å². The van der Waals surface area contributed by atoms with Crippen LogP contribution < -0.4 is 10.6 Å². The van der Waals surface area contributed by atoms with Crippen LogP contribution in [0.2, 0.25) is 0 Å². The minimum absolute atomic E-state index is 0.0940. The van der Waals surface area contributed by atoms with Crippen LogP contribution in [-0.4, -0.2) is 24.0 Å². The lowest BCUT2D eigenvalue weighted by Gasteiger charge is -2.21. The van der Waals surface area contributed by atoms with Crippen molar-refractivity contribution in [2.75, 3.05) is 18.4 Å². The number of hydrogen-bond donors (Lipinski definition) is 2. The van der Waals surface area contributed by atoms with E-state index < -0.39 is 0 Å². The maximum Gasteiger partial charge on any atom is 0.230 e. The zero-order chi connectivity index (χ0) is 10.7. The molecule has 1 aliphatic rings. The summed E-state index contributed by atoms with van der Waals surface area (Å²) in [5, 5.41) is 8.74. The molecule has 4 nitrogen and oxygen atoms in total. The van der Waals surface area contributed by atoms with Crippen LogP contribution >= 0.6 is 11.3 Å². The number of thiazole rings is 1. The van der Waals surface area contributed by atoms with Gasteiger partial charge in [0.1, 0.15) is 0 Å². The Kier molecular flexibility index (Phi) is 3.33. The smallest absolute Gasteiger partial charge is 0.230 e. The Labute approximate surface area is 93.1 Å². The molecule has 82 valence electrons. The highest BCUT2D eigenvalue weighted by Crippen LogP contribution is 2.17. The Morgan fingerprint density at radius 1 is 1.73 bits per heavy atom. The van der Waals surface area contributed by atoms with Crippen LogP contribution in [-0.2, 0) is 4.79 Å². The monoisotopic (exact) mass is 225 g/mol. The molecule has 0 unspecified atom stereocenters. The van der Waals surface area contributed by atoms with Gasteiger partial charge in [0.25, 0.3) is 0 Å². The second-order valence-corrected chi connectivity index (χ2v) is 4.68. The lowest BCUT2D eigenvalue weighted by molar-refractivity contribution is -0.120. The molecule has 0 aromatic carbocycles. The SMILES string of the molecule is Cc1csc(NC(=O)[C@H]2CCCNC2)n1. The number of aryl methyl sites for hydroxylation is 1. The molecule has 2 N–H and O–H groups in total. The molecule has 0 spiro atoms. The summed E-state index contributed by atoms with van der Waals surface area (Å²) in [6.45, 7) is 3.74. The Morgan fingerprint density at radius 2 is 2.60 bits per heavy atom. The maximum atomic E-state index is 11.8. The average molecular weight is 225 g/mol. The van der Waals surface area contributed by atoms with Gasteiger partial charge < -0.3 is 10.6 Å². The van der Waals surface area contributed by atoms with E-state index in [0.717, 1.165) is 31.6 Å². The van der Waals surface area contributed by atoms with E-state index in [1.54, 1.807) is 0 Å². The van der Waals surface area contributed by atoms with Gasteiger partial charge in [-0.05, 0) is 26.3 Å². The number of nitrogens with one attached hydrogen (secondary N) is 2. The Bertz CT molecular complexity index is 344. The van der Waals surface area contributed by atoms with E-state index in [9.17, 15) is 4.79 Å². The van der Waals surface area contributed by atoms with Gasteiger partial charge >= 0.3 is 0 Å². The van der Waals surface area contributed by atoms with E-state index in [1.165, 1.54) is 11.3 Å². The van der Waals surface area contributed by atoms with E-state index in [1.807, 2.05) is 12.3 Å². The number of nitrogens with zero attached hydrogens (tertiary/aromatic N) is 1. The van der Waals surface area contributed by atoms with Gasteiger partial charge in [-0.2, -0.15) is 0 Å². The predicted molar refractivity (Wildman–Crippen MR) is 61.1 cm³/mol. The third-order valence-corrected chi connectivity index (χ3v) is 3.39. The van der Waals surface area contributed by atoms with Crippen LogP contribution in [0, 0.1) is 12.8 Å². The molecule has 1 aromatic heterocycles. The first kappa shape index (κ1) is 10.6. The molecule has 1 saturated heterocycles. The molecular weight excluding hydrogens is 210 g/mol. The topological polar surface area (TPSA) is 54.0 Å². The van der Waals surface area contributed by atoms with Crippen molar-refractivity contribution in [1.29, 1.82) is 0 Å². The van der Waals surface area contributed by atoms with Gasteiger partial charge in [0.2, 0.25) is 5.91 Å². The Morgan fingerprint density at radius 3 is 3.20 bits per heavy atom. The van der Waals surface area contributed by atoms with Crippen molar-refractivity contribution in [3.8, 4) is 0 Å². The number of piperidine rings is 1. The quantitative estimate of drug-likeness (QED) is 0.799. The molecule has 1 aromatic rings. The van der Waals surface area contributed by atoms with Gasteiger partial charge in [-0.3, -0.25) is 4.79 Å². The van der Waals surface area contributed by atoms with E-state index in [4.69, 9.17) is 0 Å². The summed E-state index contributed by atoms with van der Waals surface area (Å²) >= 11 is 1.48. The first-order valence-corrected chi connectivity index (χ1v) is 6.07. The summed E-state index contributed by atoms with van der Waals surface area (Å²) < 4.78 is 0. The molecular formula is C10H15N3OS. The molecule has 2 rings (SSSR count). The summed E-state index contributed by atoms with van der Waals surface area (Å²) in [6, 6.07) is 0. The minimum atomic E-state index is 0.0940. The van der Waals surface area contributed by atoms with Gasteiger partial charge in [-0.15, -0.1) is 11.3 Å². The molecule has 1 aliphatic heterocycles. The molecule has 2 heterocycles. The highest BCUT2D eigenvalue weighted by atomic mass is 32.1. The van der Waals surface area contributed by atoms with Crippen molar-refractivity contribution in [3.63, 3.8) is 0 Å². The fourth-order valence-electron chi connectivity index (χ4n) is 1.69. The number of rotatable bonds is 2. The second kappa shape index (κ2) is 4.72. The summed E-state index contributed by atoms with van der Waals surface area (Å²) in [7, 11) is 0. The van der Waals surface area contributed by atoms with Crippen molar-refractivity contribution < 1.29 is 4.79 Å². The van der Waals surface area contributed by atoms with Gasteiger partial charge in [0.15, 0.2) is 5.13 Å². The van der Waals surface area contributed by atoms with Crippen LogP contribution in [0.15, 0.2) is 5.38 Å². The maximum absolute atomic E-state index is 11.8. The normalized spacial score (nSPS) is 21.3. The van der Waals surface area contributed by atoms with Gasteiger partial charge in [-0.1, -0.05) is 0 Å². The van der Waals surface area contributed by atoms with Crippen molar-refractivity contribution >= 4 is 22.4 Å². The molecule has 0 bridgehead atoms. The van der Waals surface area contributed by atoms with Gasteiger partial charge in [0.05, 0.1) is 11.6 Å². The third-order valence-electron chi connectivity index (χ3n) is 2.52. The molecule has 5 heteroatoms. The number of hydrogen-bond acceptors (Lipinski definition) is 4. The van der Waals surface area contributed by atoms with Crippen LogP contribution in [0.5, 0.6) is 0 Å². The fraction of sp³-hybridized carbons (Fsp3) is 0.600. The standard InChI is InChI=1S/C10H15N3OS/c1-7-6-15-10(12-7)13-9(14)8-3-2-4-11-5-8/h6,8,11H,2-5H2,1H3,(H,12,13,14)/t8-/m0/s1. The lowest BCUT2D eigenvalue weighted by Crippen LogP contribution is -2.37. The Balaban J connectivity index is 1.91. The Hall–Kier alpha value is -0.940. The van der Waals surface area contributed by atoms with Crippen LogP contribution in [0.4, 0.5) is 5.13 Å². The van der Waals surface area contributed by atoms with Crippen molar-refractivity contribution in [2.24, 2.45) is 5.92 Å². The zero-order valence-corrected chi connectivity index (χ0v) is 9.56. The van der Waals surface area contributed by atoms with E-state index in [0.29, 0.717) is 5.13 Å². The summed E-state index contributed by atoms with van der Waals surface area (Å²) in [4.78, 5) is 16.0. The molecule has 0 aliphatic carbocycles. The first-order chi connectivity index (χ1) is 7.25. The molecule has 15 heavy (non-hydrogen) atoms. The molecule has 0 radical (unpaired) electrons. The van der Waals surface area contributed by atoms with E-state index >= 15 is 0 Å².